The minimum Gasteiger partial charge on any atom is -0.508 e. The predicted octanol–water partition coefficient (Wildman–Crippen LogP) is 1.86. The second-order valence-electron chi connectivity index (χ2n) is 16.9. The van der Waals surface area contributed by atoms with Crippen molar-refractivity contribution < 1.29 is 43.8 Å². The fraction of sp³-hybridized carbons (Fsp3) is 0.522. The van der Waals surface area contributed by atoms with Crippen molar-refractivity contribution in [3.8, 4) is 5.75 Å². The number of nitrogens with one attached hydrogen (secondary N) is 6. The molecule has 1 aliphatic rings. The number of H-pyrrole nitrogens is 1. The summed E-state index contributed by atoms with van der Waals surface area (Å²) in [7, 11) is 0. The number of hydrogen-bond donors (Lipinski definition) is 9. The molecule has 348 valence electrons. The van der Waals surface area contributed by atoms with Crippen LogP contribution in [0.2, 0.25) is 0 Å². The number of nitrogens with zero attached hydrogens (tertiary/aromatic N) is 2. The van der Waals surface area contributed by atoms with Crippen LogP contribution in [0.25, 0.3) is 0 Å². The van der Waals surface area contributed by atoms with Gasteiger partial charge in [-0.25, -0.2) is 9.78 Å². The quantitative estimate of drug-likeness (QED) is 0.0626. The van der Waals surface area contributed by atoms with Crippen molar-refractivity contribution in [2.75, 3.05) is 6.54 Å². The molecule has 1 aromatic heterocycles. The van der Waals surface area contributed by atoms with Crippen LogP contribution in [0, 0.1) is 11.8 Å². The third-order valence-corrected chi connectivity index (χ3v) is 11.6. The average molecular weight is 888 g/mol. The topological polar surface area (TPSA) is 278 Å². The highest BCUT2D eigenvalue weighted by Crippen LogP contribution is 2.21. The number of nitrogens with two attached hydrogens (primary N) is 1. The van der Waals surface area contributed by atoms with Crippen LogP contribution in [-0.2, 0) is 52.8 Å². The molecule has 18 nitrogen and oxygen atoms in total. The van der Waals surface area contributed by atoms with E-state index in [9.17, 15) is 43.8 Å². The number of phenols is 1. The highest BCUT2D eigenvalue weighted by atomic mass is 16.4. The lowest BCUT2D eigenvalue weighted by Gasteiger charge is -2.32. The van der Waals surface area contributed by atoms with Crippen LogP contribution in [-0.4, -0.2) is 115 Å². The SMILES string of the molecule is CCCC[C@H](N)C(=O)N[C@H](C(=O)N[C@@H](Cc1ccc(O)cc1)C(=O)N[C@H](C(=O)N[C@@H](Cc1cnc[nH]1)C(=O)N1CCC[C@H]1C(=O)N[C@@H](Cc1ccccc1)C(=O)O)[C@@H](C)CC)C(C)C. The van der Waals surface area contributed by atoms with Gasteiger partial charge in [0.2, 0.25) is 35.4 Å². The number of aromatic amines is 1. The Morgan fingerprint density at radius 2 is 1.41 bits per heavy atom. The van der Waals surface area contributed by atoms with Crippen molar-refractivity contribution in [1.29, 1.82) is 0 Å². The van der Waals surface area contributed by atoms with Gasteiger partial charge in [0, 0.05) is 37.7 Å². The summed E-state index contributed by atoms with van der Waals surface area (Å²) >= 11 is 0. The molecular weight excluding hydrogens is 823 g/mol. The Kier molecular flexibility index (Phi) is 19.3. The molecule has 0 spiro atoms. The Labute approximate surface area is 374 Å². The van der Waals surface area contributed by atoms with E-state index in [0.717, 1.165) is 12.8 Å². The molecule has 4 rings (SSSR count). The highest BCUT2D eigenvalue weighted by molar-refractivity contribution is 5.97. The normalized spacial score (nSPS) is 16.9. The maximum Gasteiger partial charge on any atom is 0.326 e. The lowest BCUT2D eigenvalue weighted by atomic mass is 9.96. The molecule has 0 saturated carbocycles. The molecule has 2 heterocycles. The van der Waals surface area contributed by atoms with Gasteiger partial charge in [-0.3, -0.25) is 28.8 Å². The number of carboxylic acid groups (broad SMARTS) is 1. The van der Waals surface area contributed by atoms with Crippen LogP contribution in [0.1, 0.15) is 90.0 Å². The number of likely N-dealkylation sites (tertiary alicyclic amines) is 1. The zero-order chi connectivity index (χ0) is 46.9. The van der Waals surface area contributed by atoms with Gasteiger partial charge in [0.1, 0.15) is 42.0 Å². The van der Waals surface area contributed by atoms with Gasteiger partial charge in [-0.1, -0.05) is 96.3 Å². The van der Waals surface area contributed by atoms with Crippen molar-refractivity contribution in [2.24, 2.45) is 17.6 Å². The van der Waals surface area contributed by atoms with E-state index in [1.54, 1.807) is 63.2 Å². The van der Waals surface area contributed by atoms with Gasteiger partial charge in [-0.05, 0) is 54.4 Å². The summed E-state index contributed by atoms with van der Waals surface area (Å²) in [5.41, 5.74) is 7.90. The number of benzene rings is 2. The number of aromatic nitrogens is 2. The number of phenolic OH excluding ortho intramolecular Hbond substituents is 1. The molecule has 18 heteroatoms. The lowest BCUT2D eigenvalue weighted by Crippen LogP contribution is -2.61. The number of carbonyl (C=O) groups is 7. The summed E-state index contributed by atoms with van der Waals surface area (Å²) in [6.45, 7) is 9.23. The van der Waals surface area contributed by atoms with Crippen LogP contribution in [0.4, 0.5) is 0 Å². The number of carbonyl (C=O) groups excluding carboxylic acids is 6. The first kappa shape index (κ1) is 50.3. The van der Waals surface area contributed by atoms with Gasteiger partial charge in [0.25, 0.3) is 0 Å². The summed E-state index contributed by atoms with van der Waals surface area (Å²) < 4.78 is 0. The molecule has 10 N–H and O–H groups in total. The van der Waals surface area contributed by atoms with E-state index in [4.69, 9.17) is 5.73 Å². The number of hydrogen-bond acceptors (Lipinski definition) is 10. The molecule has 0 radical (unpaired) electrons. The first-order valence-corrected chi connectivity index (χ1v) is 22.1. The van der Waals surface area contributed by atoms with Crippen molar-refractivity contribution in [3.05, 3.63) is 83.9 Å². The largest absolute Gasteiger partial charge is 0.508 e. The summed E-state index contributed by atoms with van der Waals surface area (Å²) in [5.74, 6) is -5.87. The highest BCUT2D eigenvalue weighted by Gasteiger charge is 2.41. The van der Waals surface area contributed by atoms with Crippen LogP contribution in [0.3, 0.4) is 0 Å². The van der Waals surface area contributed by atoms with Gasteiger partial charge in [-0.2, -0.15) is 0 Å². The van der Waals surface area contributed by atoms with Crippen molar-refractivity contribution in [2.45, 2.75) is 135 Å². The summed E-state index contributed by atoms with van der Waals surface area (Å²) in [4.78, 5) is 104. The standard InChI is InChI=1S/C46H65N9O9/c1-6-8-15-33(47)40(57)53-38(27(3)4)43(60)50-34(22-30-17-19-32(56)20-18-30)41(58)54-39(28(5)7-2)44(61)51-35(24-31-25-48-26-49-31)45(62)55-21-12-16-37(55)42(59)52-36(46(63)64)23-29-13-10-9-11-14-29/h9-11,13-14,17-20,25-28,33-39,56H,6-8,12,15-16,21-24,47H2,1-5H3,(H,48,49)(H,50,60)(H,51,61)(H,52,59)(H,53,57)(H,54,58)(H,63,64)/t28-,33-,34-,35-,36-,37-,38-,39-/m0/s1. The van der Waals surface area contributed by atoms with Gasteiger partial charge >= 0.3 is 5.97 Å². The van der Waals surface area contributed by atoms with Crippen LogP contribution >= 0.6 is 0 Å². The number of aliphatic carboxylic acids is 1. The number of aromatic hydroxyl groups is 1. The first-order chi connectivity index (χ1) is 30.5. The summed E-state index contributed by atoms with van der Waals surface area (Å²) in [6.07, 6.45) is 6.01. The molecule has 1 fully saturated rings. The first-order valence-electron chi connectivity index (χ1n) is 22.1. The minimum atomic E-state index is -1.26. The van der Waals surface area contributed by atoms with E-state index in [-0.39, 0.29) is 38.0 Å². The van der Waals surface area contributed by atoms with Crippen molar-refractivity contribution in [3.63, 3.8) is 0 Å². The average Bonchev–Trinajstić information content (AvgIpc) is 3.99. The summed E-state index contributed by atoms with van der Waals surface area (Å²) in [5, 5.41) is 33.6. The Bertz CT molecular complexity index is 2010. The molecule has 0 aliphatic carbocycles. The van der Waals surface area contributed by atoms with Gasteiger partial charge in [0.05, 0.1) is 12.4 Å². The fourth-order valence-corrected chi connectivity index (χ4v) is 7.54. The maximum absolute atomic E-state index is 14.5. The molecule has 0 bridgehead atoms. The van der Waals surface area contributed by atoms with E-state index in [2.05, 4.69) is 36.6 Å². The van der Waals surface area contributed by atoms with Gasteiger partial charge in [-0.15, -0.1) is 0 Å². The van der Waals surface area contributed by atoms with Crippen molar-refractivity contribution in [1.82, 2.24) is 41.5 Å². The Hall–Kier alpha value is -6.30. The van der Waals surface area contributed by atoms with E-state index < -0.39 is 95.5 Å². The molecule has 64 heavy (non-hydrogen) atoms. The number of amides is 6. The zero-order valence-electron chi connectivity index (χ0n) is 37.3. The lowest BCUT2D eigenvalue weighted by molar-refractivity contribution is -0.145. The van der Waals surface area contributed by atoms with E-state index in [1.807, 2.05) is 13.8 Å². The molecule has 0 unspecified atom stereocenters. The molecule has 1 saturated heterocycles. The smallest absolute Gasteiger partial charge is 0.326 e. The third kappa shape index (κ3) is 14.6. The Balaban J connectivity index is 1.57. The van der Waals surface area contributed by atoms with Gasteiger partial charge < -0.3 is 52.4 Å². The van der Waals surface area contributed by atoms with Crippen molar-refractivity contribution >= 4 is 41.4 Å². The van der Waals surface area contributed by atoms with Crippen LogP contribution < -0.4 is 32.3 Å². The number of unbranched alkanes of at least 4 members (excludes halogenated alkanes) is 1. The van der Waals surface area contributed by atoms with E-state index in [0.29, 0.717) is 36.1 Å². The van der Waals surface area contributed by atoms with E-state index >= 15 is 0 Å². The van der Waals surface area contributed by atoms with Gasteiger partial charge in [0.15, 0.2) is 0 Å². The predicted molar refractivity (Wildman–Crippen MR) is 238 cm³/mol. The fourth-order valence-electron chi connectivity index (χ4n) is 7.54. The zero-order valence-corrected chi connectivity index (χ0v) is 37.3. The number of carboxylic acids is 1. The monoisotopic (exact) mass is 887 g/mol. The van der Waals surface area contributed by atoms with E-state index in [1.165, 1.54) is 29.6 Å². The Morgan fingerprint density at radius 3 is 2.02 bits per heavy atom. The third-order valence-electron chi connectivity index (χ3n) is 11.6. The molecule has 6 amide bonds. The minimum absolute atomic E-state index is 0.00286. The summed E-state index contributed by atoms with van der Waals surface area (Å²) in [6, 6.07) is 7.09. The van der Waals surface area contributed by atoms with Crippen LogP contribution in [0.5, 0.6) is 5.75 Å². The Morgan fingerprint density at radius 1 is 0.781 bits per heavy atom. The molecule has 2 aromatic carbocycles. The second-order valence-corrected chi connectivity index (χ2v) is 16.9. The maximum atomic E-state index is 14.5. The van der Waals surface area contributed by atoms with Crippen LogP contribution in [0.15, 0.2) is 67.1 Å². The molecule has 8 atom stereocenters. The number of imidazole rings is 1. The molecular formula is C46H65N9O9. The number of rotatable bonds is 24. The second kappa shape index (κ2) is 24.5. The molecule has 1 aliphatic heterocycles. The molecule has 3 aromatic rings.